The molecule has 0 unspecified atom stereocenters. The number of aromatic nitrogens is 3. The lowest BCUT2D eigenvalue weighted by molar-refractivity contribution is -0.120. The van der Waals surface area contributed by atoms with Crippen molar-refractivity contribution in [1.82, 2.24) is 15.2 Å². The molecule has 2 N–H and O–H groups in total. The van der Waals surface area contributed by atoms with E-state index in [2.05, 4.69) is 20.5 Å². The van der Waals surface area contributed by atoms with Crippen LogP contribution in [0.1, 0.15) is 32.4 Å². The van der Waals surface area contributed by atoms with Crippen LogP contribution in [-0.4, -0.2) is 21.1 Å². The smallest absolute Gasteiger partial charge is 0.228 e. The van der Waals surface area contributed by atoms with E-state index < -0.39 is 0 Å². The minimum atomic E-state index is 0.0222. The first-order chi connectivity index (χ1) is 8.65. The van der Waals surface area contributed by atoms with E-state index in [0.29, 0.717) is 11.5 Å². The van der Waals surface area contributed by atoms with Crippen LogP contribution in [0, 0.1) is 12.8 Å². The van der Waals surface area contributed by atoms with Crippen molar-refractivity contribution in [2.45, 2.75) is 33.6 Å². The second-order valence-electron chi connectivity index (χ2n) is 4.42. The van der Waals surface area contributed by atoms with Gasteiger partial charge < -0.3 is 5.32 Å². The molecule has 18 heavy (non-hydrogen) atoms. The highest BCUT2D eigenvalue weighted by molar-refractivity contribution is 5.99. The van der Waals surface area contributed by atoms with E-state index in [0.717, 1.165) is 23.9 Å². The number of aryl methyl sites for hydroxylation is 1. The predicted octanol–water partition coefficient (Wildman–Crippen LogP) is 2.64. The van der Waals surface area contributed by atoms with Crippen LogP contribution in [0.5, 0.6) is 0 Å². The van der Waals surface area contributed by atoms with Crippen molar-refractivity contribution >= 4 is 22.8 Å². The fraction of sp³-hybridized carbons (Fsp3) is 0.462. The molecule has 2 aromatic rings. The Hall–Kier alpha value is -1.91. The van der Waals surface area contributed by atoms with E-state index >= 15 is 0 Å². The molecule has 1 amide bonds. The normalized spacial score (nSPS) is 11.1. The maximum atomic E-state index is 12.0. The molecule has 2 rings (SSSR count). The summed E-state index contributed by atoms with van der Waals surface area (Å²) >= 11 is 0. The van der Waals surface area contributed by atoms with Gasteiger partial charge >= 0.3 is 0 Å². The van der Waals surface area contributed by atoms with Crippen LogP contribution in [0.25, 0.3) is 11.0 Å². The number of hydrogen-bond donors (Lipinski definition) is 2. The van der Waals surface area contributed by atoms with Gasteiger partial charge in [-0.2, -0.15) is 5.10 Å². The van der Waals surface area contributed by atoms with Gasteiger partial charge in [-0.05, 0) is 31.9 Å². The minimum Gasteiger partial charge on any atom is -0.308 e. The molecule has 2 aromatic heterocycles. The number of nitrogens with one attached hydrogen (secondary N) is 2. The molecule has 5 heteroatoms. The maximum Gasteiger partial charge on any atom is 0.228 e. The van der Waals surface area contributed by atoms with Crippen LogP contribution in [0.2, 0.25) is 0 Å². The molecule has 0 saturated carbocycles. The highest BCUT2D eigenvalue weighted by Gasteiger charge is 2.16. The van der Waals surface area contributed by atoms with Crippen LogP contribution in [-0.2, 0) is 4.79 Å². The van der Waals surface area contributed by atoms with Crippen molar-refractivity contribution in [3.63, 3.8) is 0 Å². The maximum absolute atomic E-state index is 12.0. The van der Waals surface area contributed by atoms with Crippen LogP contribution in [0.15, 0.2) is 12.1 Å². The molecule has 0 aromatic carbocycles. The Labute approximate surface area is 106 Å². The third-order valence-corrected chi connectivity index (χ3v) is 3.16. The van der Waals surface area contributed by atoms with Gasteiger partial charge in [-0.15, -0.1) is 0 Å². The number of carbonyl (C=O) groups is 1. The Bertz CT molecular complexity index is 557. The topological polar surface area (TPSA) is 70.7 Å². The summed E-state index contributed by atoms with van der Waals surface area (Å²) in [6.07, 6.45) is 1.67. The summed E-state index contributed by atoms with van der Waals surface area (Å²) in [6.45, 7) is 5.95. The molecule has 0 atom stereocenters. The second kappa shape index (κ2) is 5.16. The number of pyridine rings is 1. The number of amides is 1. The molecule has 0 aliphatic rings. The largest absolute Gasteiger partial charge is 0.308 e. The van der Waals surface area contributed by atoms with Crippen LogP contribution in [0.3, 0.4) is 0 Å². The Morgan fingerprint density at radius 1 is 1.39 bits per heavy atom. The first-order valence-corrected chi connectivity index (χ1v) is 6.28. The predicted molar refractivity (Wildman–Crippen MR) is 71.3 cm³/mol. The van der Waals surface area contributed by atoms with Gasteiger partial charge in [0.25, 0.3) is 0 Å². The van der Waals surface area contributed by atoms with Gasteiger partial charge in [-0.3, -0.25) is 9.89 Å². The second-order valence-corrected chi connectivity index (χ2v) is 4.42. The molecule has 0 aliphatic carbocycles. The van der Waals surface area contributed by atoms with Crippen molar-refractivity contribution in [3.8, 4) is 0 Å². The molecule has 0 saturated heterocycles. The average Bonchev–Trinajstić information content (AvgIpc) is 2.73. The highest BCUT2D eigenvalue weighted by Crippen LogP contribution is 2.20. The Kier molecular flexibility index (Phi) is 3.60. The van der Waals surface area contributed by atoms with Crippen molar-refractivity contribution in [2.75, 3.05) is 5.32 Å². The Morgan fingerprint density at radius 3 is 2.78 bits per heavy atom. The van der Waals surface area contributed by atoms with Gasteiger partial charge in [0.2, 0.25) is 5.91 Å². The SMILES string of the molecule is CCC(CC)C(=O)Nc1n[nH]c2nc(C)ccc12. The molecular weight excluding hydrogens is 228 g/mol. The number of anilines is 1. The van der Waals surface area contributed by atoms with Gasteiger partial charge in [-0.25, -0.2) is 4.98 Å². The third-order valence-electron chi connectivity index (χ3n) is 3.16. The van der Waals surface area contributed by atoms with E-state index in [4.69, 9.17) is 0 Å². The fourth-order valence-electron chi connectivity index (χ4n) is 1.98. The molecule has 0 bridgehead atoms. The third kappa shape index (κ3) is 2.34. The number of nitrogens with zero attached hydrogens (tertiary/aromatic N) is 2. The molecular formula is C13H18N4O. The first-order valence-electron chi connectivity index (χ1n) is 6.28. The number of carbonyl (C=O) groups excluding carboxylic acids is 1. The van der Waals surface area contributed by atoms with Crippen molar-refractivity contribution < 1.29 is 4.79 Å². The quantitative estimate of drug-likeness (QED) is 0.871. The molecule has 0 radical (unpaired) electrons. The van der Waals surface area contributed by atoms with E-state index in [1.807, 2.05) is 32.9 Å². The number of aromatic amines is 1. The summed E-state index contributed by atoms with van der Waals surface area (Å²) in [5, 5.41) is 10.7. The molecule has 5 nitrogen and oxygen atoms in total. The van der Waals surface area contributed by atoms with E-state index in [-0.39, 0.29) is 11.8 Å². The van der Waals surface area contributed by atoms with Gasteiger partial charge in [0.1, 0.15) is 0 Å². The molecule has 0 fully saturated rings. The lowest BCUT2D eigenvalue weighted by atomic mass is 10.0. The van der Waals surface area contributed by atoms with Crippen molar-refractivity contribution in [2.24, 2.45) is 5.92 Å². The van der Waals surface area contributed by atoms with Gasteiger partial charge in [0, 0.05) is 11.6 Å². The van der Waals surface area contributed by atoms with Crippen LogP contribution >= 0.6 is 0 Å². The zero-order valence-electron chi connectivity index (χ0n) is 10.9. The molecule has 0 spiro atoms. The molecule has 2 heterocycles. The van der Waals surface area contributed by atoms with E-state index in [9.17, 15) is 4.79 Å². The Morgan fingerprint density at radius 2 is 2.11 bits per heavy atom. The Balaban J connectivity index is 2.24. The summed E-state index contributed by atoms with van der Waals surface area (Å²) in [5.41, 5.74) is 1.62. The summed E-state index contributed by atoms with van der Waals surface area (Å²) in [4.78, 5) is 16.3. The highest BCUT2D eigenvalue weighted by atomic mass is 16.1. The lowest BCUT2D eigenvalue weighted by Gasteiger charge is -2.11. The lowest BCUT2D eigenvalue weighted by Crippen LogP contribution is -2.21. The van der Waals surface area contributed by atoms with Crippen LogP contribution < -0.4 is 5.32 Å². The van der Waals surface area contributed by atoms with Gasteiger partial charge in [0.05, 0.1) is 5.39 Å². The van der Waals surface area contributed by atoms with Gasteiger partial charge in [0.15, 0.2) is 11.5 Å². The van der Waals surface area contributed by atoms with Crippen LogP contribution in [0.4, 0.5) is 5.82 Å². The zero-order chi connectivity index (χ0) is 13.1. The fourth-order valence-corrected chi connectivity index (χ4v) is 1.98. The van der Waals surface area contributed by atoms with E-state index in [1.54, 1.807) is 0 Å². The molecule has 0 aliphatic heterocycles. The summed E-state index contributed by atoms with van der Waals surface area (Å²) in [7, 11) is 0. The molecule has 96 valence electrons. The standard InChI is InChI=1S/C13H18N4O/c1-4-9(5-2)13(18)15-12-10-7-6-8(3)14-11(10)16-17-12/h6-7,9H,4-5H2,1-3H3,(H2,14,15,16,17,18). The van der Waals surface area contributed by atoms with E-state index in [1.165, 1.54) is 0 Å². The zero-order valence-corrected chi connectivity index (χ0v) is 10.9. The number of fused-ring (bicyclic) bond motifs is 1. The number of hydrogen-bond acceptors (Lipinski definition) is 3. The number of H-pyrrole nitrogens is 1. The number of rotatable bonds is 4. The minimum absolute atomic E-state index is 0.0222. The summed E-state index contributed by atoms with van der Waals surface area (Å²) in [6, 6.07) is 3.83. The summed E-state index contributed by atoms with van der Waals surface area (Å²) in [5.74, 6) is 0.624. The first kappa shape index (κ1) is 12.5. The van der Waals surface area contributed by atoms with Crippen molar-refractivity contribution in [1.29, 1.82) is 0 Å². The van der Waals surface area contributed by atoms with Gasteiger partial charge in [-0.1, -0.05) is 13.8 Å². The summed E-state index contributed by atoms with van der Waals surface area (Å²) < 4.78 is 0. The van der Waals surface area contributed by atoms with Crippen molar-refractivity contribution in [3.05, 3.63) is 17.8 Å². The average molecular weight is 246 g/mol. The monoisotopic (exact) mass is 246 g/mol.